The van der Waals surface area contributed by atoms with Crippen molar-refractivity contribution < 1.29 is 21.6 Å². The van der Waals surface area contributed by atoms with Crippen molar-refractivity contribution in [1.29, 1.82) is 0 Å². The molecule has 9 heteroatoms. The molecule has 0 bridgehead atoms. The van der Waals surface area contributed by atoms with Gasteiger partial charge in [0.2, 0.25) is 20.9 Å². The van der Waals surface area contributed by atoms with Crippen molar-refractivity contribution in [3.05, 3.63) is 89.5 Å². The van der Waals surface area contributed by atoms with Gasteiger partial charge in [0.1, 0.15) is 16.7 Å². The van der Waals surface area contributed by atoms with Crippen LogP contribution in [0.15, 0.2) is 77.7 Å². The van der Waals surface area contributed by atoms with Gasteiger partial charge in [-0.1, -0.05) is 54.6 Å². The smallest absolute Gasteiger partial charge is 0.240 e. The highest BCUT2D eigenvalue weighted by molar-refractivity contribution is 7.89. The molecule has 0 amide bonds. The summed E-state index contributed by atoms with van der Waals surface area (Å²) in [5, 5.41) is 5.25. The van der Waals surface area contributed by atoms with E-state index in [9.17, 15) is 16.8 Å². The fourth-order valence-electron chi connectivity index (χ4n) is 3.70. The van der Waals surface area contributed by atoms with Gasteiger partial charge >= 0.3 is 0 Å². The number of thiol groups is 1. The van der Waals surface area contributed by atoms with E-state index in [0.29, 0.717) is 6.42 Å². The van der Waals surface area contributed by atoms with Crippen LogP contribution in [0.25, 0.3) is 0 Å². The Balaban J connectivity index is 1.48. The zero-order valence-corrected chi connectivity index (χ0v) is 18.3. The van der Waals surface area contributed by atoms with Crippen molar-refractivity contribution in [1.82, 2.24) is 0 Å². The lowest BCUT2D eigenvalue weighted by atomic mass is 10.0. The number of primary sulfonamides is 1. The van der Waals surface area contributed by atoms with E-state index in [1.807, 2.05) is 42.5 Å². The third kappa shape index (κ3) is 4.73. The van der Waals surface area contributed by atoms with E-state index < -0.39 is 20.9 Å². The largest absolute Gasteiger partial charge is 0.485 e. The Kier molecular flexibility index (Phi) is 5.99. The van der Waals surface area contributed by atoms with Gasteiger partial charge in [0, 0.05) is 13.0 Å². The quantitative estimate of drug-likeness (QED) is 0.529. The summed E-state index contributed by atoms with van der Waals surface area (Å²) in [4.78, 5) is -0.220. The summed E-state index contributed by atoms with van der Waals surface area (Å²) in [6, 6.07) is 21.6. The zero-order chi connectivity index (χ0) is 22.0. The van der Waals surface area contributed by atoms with E-state index in [-0.39, 0.29) is 23.2 Å². The Labute approximate surface area is 183 Å². The van der Waals surface area contributed by atoms with Crippen molar-refractivity contribution in [2.24, 2.45) is 5.14 Å². The van der Waals surface area contributed by atoms with Gasteiger partial charge in [0.25, 0.3) is 0 Å². The van der Waals surface area contributed by atoms with Crippen LogP contribution < -0.4 is 14.2 Å². The molecule has 0 fully saturated rings. The Morgan fingerprint density at radius 3 is 2.32 bits per heavy atom. The van der Waals surface area contributed by atoms with Gasteiger partial charge in [0.05, 0.1) is 5.69 Å². The molecule has 1 aliphatic rings. The van der Waals surface area contributed by atoms with Crippen LogP contribution >= 0.6 is 0 Å². The number of hydrogen-bond donors (Lipinski definition) is 2. The van der Waals surface area contributed by atoms with E-state index in [0.717, 1.165) is 27.6 Å². The molecule has 0 radical (unpaired) electrons. The lowest BCUT2D eigenvalue weighted by molar-refractivity contribution is 0.238. The molecule has 0 spiro atoms. The Hall–Kier alpha value is -2.88. The summed E-state index contributed by atoms with van der Waals surface area (Å²) < 4.78 is 54.4. The van der Waals surface area contributed by atoms with Crippen LogP contribution in [-0.4, -0.2) is 23.4 Å². The number of hydrogen-bond acceptors (Lipinski definition) is 5. The molecule has 7 nitrogen and oxygen atoms in total. The monoisotopic (exact) mass is 458 g/mol. The van der Waals surface area contributed by atoms with Crippen molar-refractivity contribution in [2.75, 3.05) is 10.8 Å². The Bertz CT molecular complexity index is 1240. The van der Waals surface area contributed by atoms with Crippen LogP contribution in [0.5, 0.6) is 5.75 Å². The standard InChI is InChI=1S/C22H22N2O5S2/c23-31(27,28)22-8-4-2-6-19(22)24(30(25)26)14-13-16-9-11-17(12-10-16)21-15-18-5-1-3-7-20(18)29-21/h1-12,21,30H,13-15H2,(H2,23,27,28). The first-order valence-corrected chi connectivity index (χ1v) is 12.4. The Morgan fingerprint density at radius 2 is 1.65 bits per heavy atom. The fraction of sp³-hybridized carbons (Fsp3) is 0.182. The third-order valence-electron chi connectivity index (χ3n) is 5.26. The van der Waals surface area contributed by atoms with E-state index in [1.165, 1.54) is 23.8 Å². The second kappa shape index (κ2) is 8.70. The first-order valence-electron chi connectivity index (χ1n) is 9.70. The average molecular weight is 459 g/mol. The first-order chi connectivity index (χ1) is 14.8. The summed E-state index contributed by atoms with van der Waals surface area (Å²) >= 11 is 0. The molecule has 3 aromatic carbocycles. The van der Waals surface area contributed by atoms with Crippen molar-refractivity contribution >= 4 is 26.6 Å². The second-order valence-corrected chi connectivity index (χ2v) is 9.77. The molecule has 0 aromatic heterocycles. The first kappa shape index (κ1) is 21.4. The average Bonchev–Trinajstić information content (AvgIpc) is 3.18. The molecule has 1 heterocycles. The van der Waals surface area contributed by atoms with Gasteiger partial charge in [-0.25, -0.2) is 22.0 Å². The van der Waals surface area contributed by atoms with Gasteiger partial charge in [-0.2, -0.15) is 0 Å². The summed E-state index contributed by atoms with van der Waals surface area (Å²) in [5.41, 5.74) is 3.20. The summed E-state index contributed by atoms with van der Waals surface area (Å²) in [6.07, 6.45) is 1.18. The highest BCUT2D eigenvalue weighted by Gasteiger charge is 2.24. The van der Waals surface area contributed by atoms with E-state index >= 15 is 0 Å². The molecule has 1 unspecified atom stereocenters. The summed E-state index contributed by atoms with van der Waals surface area (Å²) in [6.45, 7) is 0.0932. The van der Waals surface area contributed by atoms with Gasteiger partial charge in [-0.3, -0.25) is 4.31 Å². The second-order valence-electron chi connectivity index (χ2n) is 7.28. The maximum absolute atomic E-state index is 11.8. The minimum Gasteiger partial charge on any atom is -0.485 e. The molecule has 4 rings (SSSR count). The van der Waals surface area contributed by atoms with Crippen LogP contribution in [0, 0.1) is 0 Å². The Morgan fingerprint density at radius 1 is 0.968 bits per heavy atom. The molecule has 1 atom stereocenters. The minimum atomic E-state index is -4.06. The van der Waals surface area contributed by atoms with Crippen molar-refractivity contribution in [3.8, 4) is 5.75 Å². The number of nitrogens with zero attached hydrogens (tertiary/aromatic N) is 1. The van der Waals surface area contributed by atoms with Crippen LogP contribution in [-0.2, 0) is 33.8 Å². The summed E-state index contributed by atoms with van der Waals surface area (Å²) in [5.74, 6) is 0.903. The number of anilines is 1. The predicted molar refractivity (Wildman–Crippen MR) is 119 cm³/mol. The van der Waals surface area contributed by atoms with E-state index in [2.05, 4.69) is 6.07 Å². The maximum Gasteiger partial charge on any atom is 0.240 e. The van der Waals surface area contributed by atoms with Crippen molar-refractivity contribution in [3.63, 3.8) is 0 Å². The topological polar surface area (TPSA) is 107 Å². The number of benzene rings is 3. The van der Waals surface area contributed by atoms with Gasteiger partial charge in [-0.15, -0.1) is 0 Å². The number of ether oxygens (including phenoxy) is 1. The van der Waals surface area contributed by atoms with Gasteiger partial charge in [0.15, 0.2) is 0 Å². The van der Waals surface area contributed by atoms with Crippen LogP contribution in [0.2, 0.25) is 0 Å². The minimum absolute atomic E-state index is 0.0410. The molecular weight excluding hydrogens is 436 g/mol. The lowest BCUT2D eigenvalue weighted by Crippen LogP contribution is -2.27. The fourth-order valence-corrected chi connectivity index (χ4v) is 5.12. The number of nitrogens with two attached hydrogens (primary N) is 1. The molecule has 3 aromatic rings. The van der Waals surface area contributed by atoms with Crippen LogP contribution in [0.4, 0.5) is 5.69 Å². The zero-order valence-electron chi connectivity index (χ0n) is 16.5. The molecule has 0 aliphatic carbocycles. The lowest BCUT2D eigenvalue weighted by Gasteiger charge is -2.20. The molecule has 31 heavy (non-hydrogen) atoms. The number of para-hydroxylation sites is 2. The number of sulfonamides is 1. The molecule has 0 saturated heterocycles. The highest BCUT2D eigenvalue weighted by Crippen LogP contribution is 2.36. The van der Waals surface area contributed by atoms with E-state index in [4.69, 9.17) is 9.88 Å². The summed E-state index contributed by atoms with van der Waals surface area (Å²) in [7, 11) is -7.10. The number of fused-ring (bicyclic) bond motifs is 1. The maximum atomic E-state index is 11.8. The number of rotatable bonds is 7. The molecule has 162 valence electrons. The molecule has 0 saturated carbocycles. The van der Waals surface area contributed by atoms with E-state index in [1.54, 1.807) is 6.07 Å². The van der Waals surface area contributed by atoms with Crippen LogP contribution in [0.3, 0.4) is 0 Å². The third-order valence-corrected chi connectivity index (χ3v) is 7.03. The van der Waals surface area contributed by atoms with Gasteiger partial charge in [-0.05, 0) is 41.3 Å². The van der Waals surface area contributed by atoms with Crippen molar-refractivity contribution in [2.45, 2.75) is 23.8 Å². The SMILES string of the molecule is NS(=O)(=O)c1ccccc1N(CCc1ccc(C2Cc3ccccc3O2)cc1)[SH](=O)=O. The predicted octanol–water partition coefficient (Wildman–Crippen LogP) is 2.59. The normalized spacial score (nSPS) is 15.5. The highest BCUT2D eigenvalue weighted by atomic mass is 32.2. The molecule has 1 aliphatic heterocycles. The molecule has 2 N–H and O–H groups in total. The van der Waals surface area contributed by atoms with Crippen LogP contribution in [0.1, 0.15) is 22.8 Å². The molecular formula is C22H22N2O5S2. The van der Waals surface area contributed by atoms with Gasteiger partial charge < -0.3 is 4.74 Å².